The topological polar surface area (TPSA) is 56.6 Å². The molecular formula is C16H25N3O3S. The molecule has 2 heterocycles. The second-order valence-corrected chi connectivity index (χ2v) is 7.38. The van der Waals surface area contributed by atoms with E-state index in [2.05, 4.69) is 37.6 Å². The maximum atomic E-state index is 12.4. The number of methoxy groups -OCH3 is 1. The average molecular weight is 339 g/mol. The molecule has 0 aliphatic carbocycles. The number of rotatable bonds is 5. The Hall–Kier alpha value is -1.47. The quantitative estimate of drug-likeness (QED) is 0.769. The van der Waals surface area contributed by atoms with Gasteiger partial charge in [-0.15, -0.1) is 11.8 Å². The summed E-state index contributed by atoms with van der Waals surface area (Å²) in [6.45, 7) is 9.16. The molecule has 0 N–H and O–H groups in total. The number of thioether (sulfide) groups is 1. The van der Waals surface area contributed by atoms with Gasteiger partial charge in [-0.05, 0) is 39.8 Å². The van der Waals surface area contributed by atoms with Crippen LogP contribution >= 0.6 is 11.8 Å². The van der Waals surface area contributed by atoms with E-state index >= 15 is 0 Å². The lowest BCUT2D eigenvalue weighted by Crippen LogP contribution is -2.43. The van der Waals surface area contributed by atoms with Crippen LogP contribution in [0.5, 0.6) is 0 Å². The van der Waals surface area contributed by atoms with Crippen LogP contribution in [0.2, 0.25) is 0 Å². The van der Waals surface area contributed by atoms with Crippen LogP contribution < -0.4 is 10.6 Å². The molecule has 0 amide bonds. The maximum Gasteiger partial charge on any atom is 0.351 e. The van der Waals surface area contributed by atoms with Gasteiger partial charge in [-0.25, -0.2) is 4.79 Å². The molecule has 2 rings (SSSR count). The van der Waals surface area contributed by atoms with Gasteiger partial charge in [0.15, 0.2) is 0 Å². The van der Waals surface area contributed by atoms with Gasteiger partial charge in [-0.2, -0.15) is 4.98 Å². The van der Waals surface area contributed by atoms with Crippen molar-refractivity contribution in [1.82, 2.24) is 9.55 Å². The van der Waals surface area contributed by atoms with Gasteiger partial charge in [-0.1, -0.05) is 0 Å². The number of anilines is 1. The molecule has 1 aliphatic rings. The van der Waals surface area contributed by atoms with Gasteiger partial charge >= 0.3 is 5.69 Å². The molecule has 0 radical (unpaired) electrons. The lowest BCUT2D eigenvalue weighted by molar-refractivity contribution is 0.0337. The van der Waals surface area contributed by atoms with Crippen LogP contribution in [0.3, 0.4) is 0 Å². The van der Waals surface area contributed by atoms with Crippen LogP contribution in [-0.2, 0) is 9.47 Å². The molecule has 7 heteroatoms. The molecule has 0 bridgehead atoms. The zero-order chi connectivity index (χ0) is 17.0. The fourth-order valence-electron chi connectivity index (χ4n) is 2.55. The van der Waals surface area contributed by atoms with Gasteiger partial charge in [0.05, 0.1) is 13.4 Å². The first-order chi connectivity index (χ1) is 10.9. The predicted octanol–water partition coefficient (Wildman–Crippen LogP) is 2.62. The minimum absolute atomic E-state index is 0.0872. The van der Waals surface area contributed by atoms with Gasteiger partial charge in [-0.3, -0.25) is 4.57 Å². The molecule has 0 saturated carbocycles. The maximum absolute atomic E-state index is 12.4. The molecular weight excluding hydrogens is 314 g/mol. The van der Waals surface area contributed by atoms with Crippen molar-refractivity contribution in [1.29, 1.82) is 0 Å². The number of hydrogen-bond donors (Lipinski definition) is 0. The van der Waals surface area contributed by atoms with Crippen LogP contribution in [0.25, 0.3) is 0 Å². The van der Waals surface area contributed by atoms with E-state index in [0.717, 1.165) is 6.54 Å². The fraction of sp³-hybridized carbons (Fsp3) is 0.625. The van der Waals surface area contributed by atoms with Crippen molar-refractivity contribution >= 4 is 17.6 Å². The Morgan fingerprint density at radius 1 is 1.57 bits per heavy atom. The summed E-state index contributed by atoms with van der Waals surface area (Å²) in [5, 5.41) is 0. The molecule has 6 nitrogen and oxygen atoms in total. The van der Waals surface area contributed by atoms with Crippen molar-refractivity contribution in [3.05, 3.63) is 35.1 Å². The van der Waals surface area contributed by atoms with Gasteiger partial charge in [0.25, 0.3) is 0 Å². The lowest BCUT2D eigenvalue weighted by Gasteiger charge is -2.35. The molecule has 1 fully saturated rings. The minimum atomic E-state index is -0.301. The van der Waals surface area contributed by atoms with Crippen molar-refractivity contribution in [2.24, 2.45) is 0 Å². The summed E-state index contributed by atoms with van der Waals surface area (Å²) in [6, 6.07) is 1.88. The third-order valence-electron chi connectivity index (χ3n) is 3.59. The van der Waals surface area contributed by atoms with Crippen LogP contribution in [0.1, 0.15) is 33.9 Å². The molecule has 0 aromatic carbocycles. The van der Waals surface area contributed by atoms with Gasteiger partial charge in [0.1, 0.15) is 17.5 Å². The Balaban J connectivity index is 2.18. The summed E-state index contributed by atoms with van der Waals surface area (Å²) in [4.78, 5) is 18.7. The number of nitrogens with zero attached hydrogens (tertiary/aromatic N) is 3. The smallest absolute Gasteiger partial charge is 0.351 e. The first-order valence-corrected chi connectivity index (χ1v) is 8.75. The normalized spacial score (nSPS) is 21.8. The highest BCUT2D eigenvalue weighted by Gasteiger charge is 2.27. The Morgan fingerprint density at radius 2 is 2.30 bits per heavy atom. The largest absolute Gasteiger partial charge is 0.505 e. The molecule has 1 aliphatic heterocycles. The monoisotopic (exact) mass is 339 g/mol. The highest BCUT2D eigenvalue weighted by molar-refractivity contribution is 8.00. The van der Waals surface area contributed by atoms with E-state index in [0.29, 0.717) is 11.6 Å². The number of aromatic nitrogens is 2. The third-order valence-corrected chi connectivity index (χ3v) is 4.67. The SMILES string of the molecule is CCN(c1ccn([C@@H]2CSC(/C=C/OC)O2)c(=O)n1)C(C)(C)C. The lowest BCUT2D eigenvalue weighted by atomic mass is 10.1. The zero-order valence-corrected chi connectivity index (χ0v) is 15.2. The summed E-state index contributed by atoms with van der Waals surface area (Å²) in [5.74, 6) is 1.40. The van der Waals surface area contributed by atoms with E-state index in [1.165, 1.54) is 0 Å². The number of hydrogen-bond acceptors (Lipinski definition) is 6. The first-order valence-electron chi connectivity index (χ1n) is 7.70. The second kappa shape index (κ2) is 7.40. The van der Waals surface area contributed by atoms with E-state index in [1.807, 2.05) is 12.1 Å². The van der Waals surface area contributed by atoms with E-state index in [-0.39, 0.29) is 22.9 Å². The Bertz CT molecular complexity index is 609. The van der Waals surface area contributed by atoms with E-state index in [4.69, 9.17) is 9.47 Å². The first kappa shape index (κ1) is 17.9. The average Bonchev–Trinajstić information content (AvgIpc) is 2.93. The molecule has 1 aromatic rings. The molecule has 1 unspecified atom stereocenters. The minimum Gasteiger partial charge on any atom is -0.505 e. The summed E-state index contributed by atoms with van der Waals surface area (Å²) in [6.07, 6.45) is 4.89. The van der Waals surface area contributed by atoms with Gasteiger partial charge in [0.2, 0.25) is 0 Å². The third kappa shape index (κ3) is 4.29. The van der Waals surface area contributed by atoms with Crippen LogP contribution in [0, 0.1) is 0 Å². The fourth-order valence-corrected chi connectivity index (χ4v) is 3.53. The predicted molar refractivity (Wildman–Crippen MR) is 93.8 cm³/mol. The highest BCUT2D eigenvalue weighted by atomic mass is 32.2. The Labute approximate surface area is 141 Å². The summed E-state index contributed by atoms with van der Waals surface area (Å²) >= 11 is 1.63. The van der Waals surface area contributed by atoms with Gasteiger partial charge in [0, 0.05) is 24.0 Å². The van der Waals surface area contributed by atoms with Crippen LogP contribution in [0.4, 0.5) is 5.82 Å². The molecule has 1 saturated heterocycles. The molecule has 128 valence electrons. The van der Waals surface area contributed by atoms with E-state index < -0.39 is 0 Å². The van der Waals surface area contributed by atoms with E-state index in [1.54, 1.807) is 35.9 Å². The van der Waals surface area contributed by atoms with Crippen molar-refractivity contribution in [3.63, 3.8) is 0 Å². The summed E-state index contributed by atoms with van der Waals surface area (Å²) < 4.78 is 12.3. The Kier molecular flexibility index (Phi) is 5.75. The van der Waals surface area contributed by atoms with Crippen molar-refractivity contribution in [2.75, 3.05) is 24.3 Å². The molecule has 23 heavy (non-hydrogen) atoms. The van der Waals surface area contributed by atoms with Crippen LogP contribution in [-0.4, -0.2) is 39.9 Å². The molecule has 1 aromatic heterocycles. The number of ether oxygens (including phenoxy) is 2. The van der Waals surface area contributed by atoms with Crippen molar-refractivity contribution < 1.29 is 9.47 Å². The highest BCUT2D eigenvalue weighted by Crippen LogP contribution is 2.32. The summed E-state index contributed by atoms with van der Waals surface area (Å²) in [7, 11) is 1.59. The second-order valence-electron chi connectivity index (χ2n) is 6.25. The molecule has 0 spiro atoms. The van der Waals surface area contributed by atoms with E-state index in [9.17, 15) is 4.79 Å². The van der Waals surface area contributed by atoms with Gasteiger partial charge < -0.3 is 14.4 Å². The summed E-state index contributed by atoms with van der Waals surface area (Å²) in [5.41, 5.74) is -0.476. The molecule has 2 atom stereocenters. The van der Waals surface area contributed by atoms with Crippen molar-refractivity contribution in [2.45, 2.75) is 44.9 Å². The Morgan fingerprint density at radius 3 is 2.87 bits per heavy atom. The standard InChI is InChI=1S/C16H25N3O3S/c1-6-19(16(2,3)4)12-7-9-18(15(20)17-12)13-11-23-14(22-13)8-10-21-5/h7-10,13-14H,6,11H2,1-5H3/b10-8+/t13-,14?/m0/s1. The zero-order valence-electron chi connectivity index (χ0n) is 14.4. The van der Waals surface area contributed by atoms with Crippen LogP contribution in [0.15, 0.2) is 29.4 Å². The van der Waals surface area contributed by atoms with Crippen molar-refractivity contribution in [3.8, 4) is 0 Å².